The Kier molecular flexibility index (Phi) is 5.02. The van der Waals surface area contributed by atoms with E-state index in [-0.39, 0.29) is 11.3 Å². The van der Waals surface area contributed by atoms with Gasteiger partial charge in [-0.3, -0.25) is 14.5 Å². The van der Waals surface area contributed by atoms with Crippen molar-refractivity contribution in [3.05, 3.63) is 83.8 Å². The highest BCUT2D eigenvalue weighted by Gasteiger charge is 2.48. The normalized spacial score (nSPS) is 17.9. The van der Waals surface area contributed by atoms with Crippen LogP contribution in [0.2, 0.25) is 0 Å². The van der Waals surface area contributed by atoms with Gasteiger partial charge in [0, 0.05) is 23.8 Å². The van der Waals surface area contributed by atoms with Gasteiger partial charge in [-0.2, -0.15) is 0 Å². The molecular weight excluding hydrogens is 386 g/mol. The molecular formula is C23H19NO6. The van der Waals surface area contributed by atoms with Crippen molar-refractivity contribution in [1.29, 1.82) is 0 Å². The second kappa shape index (κ2) is 7.79. The summed E-state index contributed by atoms with van der Waals surface area (Å²) in [6.07, 6.45) is 1.45. The maximum Gasteiger partial charge on any atom is 0.300 e. The smallest absolute Gasteiger partial charge is 0.300 e. The van der Waals surface area contributed by atoms with Crippen molar-refractivity contribution >= 4 is 23.1 Å². The SMILES string of the molecule is COc1cc(OC)cc(N2C(=O)C(=O)/C(=C(\O)c3ccccc3)C2c2ccco2)c1. The fourth-order valence-corrected chi connectivity index (χ4v) is 3.50. The van der Waals surface area contributed by atoms with Crippen LogP contribution in [0.25, 0.3) is 5.76 Å². The van der Waals surface area contributed by atoms with E-state index in [2.05, 4.69) is 0 Å². The Labute approximate surface area is 172 Å². The standard InChI is InChI=1S/C23H19NO6/c1-28-16-11-15(12-17(13-16)29-2)24-20(18-9-6-10-30-18)19(22(26)23(24)27)21(25)14-7-4-3-5-8-14/h3-13,20,25H,1-2H3/b21-19-. The molecule has 2 aromatic carbocycles. The molecule has 0 aliphatic carbocycles. The number of aliphatic hydroxyl groups is 1. The zero-order chi connectivity index (χ0) is 21.3. The molecule has 1 aliphatic rings. The van der Waals surface area contributed by atoms with Crippen molar-refractivity contribution < 1.29 is 28.6 Å². The number of rotatable bonds is 5. The van der Waals surface area contributed by atoms with Gasteiger partial charge in [0.25, 0.3) is 11.7 Å². The molecule has 1 aliphatic heterocycles. The minimum absolute atomic E-state index is 0.0528. The number of Topliss-reactive ketones (excluding diaryl/α,β-unsaturated/α-hetero) is 1. The quantitative estimate of drug-likeness (QED) is 0.393. The monoisotopic (exact) mass is 405 g/mol. The highest BCUT2D eigenvalue weighted by atomic mass is 16.5. The summed E-state index contributed by atoms with van der Waals surface area (Å²) in [5.41, 5.74) is 0.750. The fraction of sp³-hybridized carbons (Fsp3) is 0.130. The molecule has 30 heavy (non-hydrogen) atoms. The average molecular weight is 405 g/mol. The number of hydrogen-bond donors (Lipinski definition) is 1. The number of furan rings is 1. The van der Waals surface area contributed by atoms with Gasteiger partial charge in [-0.05, 0) is 12.1 Å². The number of anilines is 1. The maximum absolute atomic E-state index is 13.1. The first-order valence-corrected chi connectivity index (χ1v) is 9.18. The third-order valence-corrected chi connectivity index (χ3v) is 4.92. The van der Waals surface area contributed by atoms with Crippen molar-refractivity contribution in [2.75, 3.05) is 19.1 Å². The van der Waals surface area contributed by atoms with Gasteiger partial charge >= 0.3 is 0 Å². The molecule has 1 aromatic heterocycles. The van der Waals surface area contributed by atoms with Gasteiger partial charge in [-0.1, -0.05) is 30.3 Å². The number of methoxy groups -OCH3 is 2. The Hall–Kier alpha value is -4.00. The number of nitrogens with zero attached hydrogens (tertiary/aromatic N) is 1. The topological polar surface area (TPSA) is 89.2 Å². The molecule has 1 saturated heterocycles. The van der Waals surface area contributed by atoms with Gasteiger partial charge < -0.3 is 19.0 Å². The van der Waals surface area contributed by atoms with Crippen LogP contribution in [0.4, 0.5) is 5.69 Å². The maximum atomic E-state index is 13.1. The van der Waals surface area contributed by atoms with Crippen molar-refractivity contribution in [3.63, 3.8) is 0 Å². The Morgan fingerprint density at radius 1 is 0.967 bits per heavy atom. The Balaban J connectivity index is 1.94. The average Bonchev–Trinajstić information content (AvgIpc) is 3.40. The predicted molar refractivity (Wildman–Crippen MR) is 109 cm³/mol. The van der Waals surface area contributed by atoms with Crippen LogP contribution in [0, 0.1) is 0 Å². The minimum Gasteiger partial charge on any atom is -0.507 e. The number of benzene rings is 2. The number of ketones is 1. The molecule has 0 spiro atoms. The summed E-state index contributed by atoms with van der Waals surface area (Å²) in [6, 6.07) is 15.8. The van der Waals surface area contributed by atoms with Crippen molar-refractivity contribution in [1.82, 2.24) is 0 Å². The van der Waals surface area contributed by atoms with Gasteiger partial charge in [0.2, 0.25) is 0 Å². The molecule has 1 N–H and O–H groups in total. The molecule has 4 rings (SSSR count). The first kappa shape index (κ1) is 19.3. The van der Waals surface area contributed by atoms with Gasteiger partial charge in [0.15, 0.2) is 0 Å². The lowest BCUT2D eigenvalue weighted by Gasteiger charge is -2.24. The summed E-state index contributed by atoms with van der Waals surface area (Å²) >= 11 is 0. The largest absolute Gasteiger partial charge is 0.507 e. The predicted octanol–water partition coefficient (Wildman–Crippen LogP) is 3.92. The summed E-state index contributed by atoms with van der Waals surface area (Å²) in [5, 5.41) is 10.9. The zero-order valence-electron chi connectivity index (χ0n) is 16.4. The molecule has 7 heteroatoms. The number of carbonyl (C=O) groups excluding carboxylic acids is 2. The molecule has 0 radical (unpaired) electrons. The zero-order valence-corrected chi connectivity index (χ0v) is 16.4. The van der Waals surface area contributed by atoms with E-state index in [1.165, 1.54) is 25.4 Å². The molecule has 3 aromatic rings. The van der Waals surface area contributed by atoms with Gasteiger partial charge in [-0.15, -0.1) is 0 Å². The van der Waals surface area contributed by atoms with E-state index in [9.17, 15) is 14.7 Å². The van der Waals surface area contributed by atoms with Crippen LogP contribution in [0.5, 0.6) is 11.5 Å². The molecule has 1 fully saturated rings. The van der Waals surface area contributed by atoms with Gasteiger partial charge in [0.05, 0.1) is 31.7 Å². The highest BCUT2D eigenvalue weighted by Crippen LogP contribution is 2.43. The van der Waals surface area contributed by atoms with Crippen LogP contribution in [0.3, 0.4) is 0 Å². The molecule has 1 amide bonds. The second-order valence-electron chi connectivity index (χ2n) is 6.62. The number of hydrogen-bond acceptors (Lipinski definition) is 6. The molecule has 1 unspecified atom stereocenters. The highest BCUT2D eigenvalue weighted by molar-refractivity contribution is 6.51. The van der Waals surface area contributed by atoms with Crippen LogP contribution in [-0.4, -0.2) is 31.0 Å². The third-order valence-electron chi connectivity index (χ3n) is 4.92. The second-order valence-corrected chi connectivity index (χ2v) is 6.62. The third kappa shape index (κ3) is 3.20. The molecule has 1 atom stereocenters. The lowest BCUT2D eigenvalue weighted by atomic mass is 9.99. The Morgan fingerprint density at radius 3 is 2.20 bits per heavy atom. The van der Waals surface area contributed by atoms with E-state index in [1.807, 2.05) is 0 Å². The van der Waals surface area contributed by atoms with Crippen molar-refractivity contribution in [2.24, 2.45) is 0 Å². The van der Waals surface area contributed by atoms with Crippen LogP contribution >= 0.6 is 0 Å². The summed E-state index contributed by atoms with van der Waals surface area (Å²) < 4.78 is 16.1. The van der Waals surface area contributed by atoms with E-state index in [1.54, 1.807) is 60.7 Å². The van der Waals surface area contributed by atoms with Crippen molar-refractivity contribution in [2.45, 2.75) is 6.04 Å². The van der Waals surface area contributed by atoms with E-state index in [0.29, 0.717) is 28.5 Å². The van der Waals surface area contributed by atoms with E-state index < -0.39 is 17.7 Å². The first-order valence-electron chi connectivity index (χ1n) is 9.18. The van der Waals surface area contributed by atoms with Crippen molar-refractivity contribution in [3.8, 4) is 11.5 Å². The van der Waals surface area contributed by atoms with E-state index in [0.717, 1.165) is 0 Å². The summed E-state index contributed by atoms with van der Waals surface area (Å²) in [7, 11) is 2.98. The number of carbonyl (C=O) groups is 2. The minimum atomic E-state index is -0.947. The Bertz CT molecular complexity index is 1100. The molecule has 7 nitrogen and oxygen atoms in total. The number of amides is 1. The number of aliphatic hydroxyl groups excluding tert-OH is 1. The van der Waals surface area contributed by atoms with Gasteiger partial charge in [-0.25, -0.2) is 0 Å². The van der Waals surface area contributed by atoms with Crippen LogP contribution < -0.4 is 14.4 Å². The Morgan fingerprint density at radius 2 is 1.63 bits per heavy atom. The summed E-state index contributed by atoms with van der Waals surface area (Å²) in [4.78, 5) is 27.3. The summed E-state index contributed by atoms with van der Waals surface area (Å²) in [5.74, 6) is -0.620. The summed E-state index contributed by atoms with van der Waals surface area (Å²) in [6.45, 7) is 0. The van der Waals surface area contributed by atoms with Gasteiger partial charge in [0.1, 0.15) is 29.1 Å². The molecule has 152 valence electrons. The first-order chi connectivity index (χ1) is 14.5. The lowest BCUT2D eigenvalue weighted by Crippen LogP contribution is -2.29. The molecule has 2 heterocycles. The molecule has 0 bridgehead atoms. The van der Waals surface area contributed by atoms with Crippen LogP contribution in [0.15, 0.2) is 76.9 Å². The lowest BCUT2D eigenvalue weighted by molar-refractivity contribution is -0.132. The van der Waals surface area contributed by atoms with Crippen LogP contribution in [-0.2, 0) is 9.59 Å². The molecule has 0 saturated carbocycles. The fourth-order valence-electron chi connectivity index (χ4n) is 3.50. The van der Waals surface area contributed by atoms with E-state index in [4.69, 9.17) is 13.9 Å². The number of ether oxygens (including phenoxy) is 2. The van der Waals surface area contributed by atoms with E-state index >= 15 is 0 Å². The van der Waals surface area contributed by atoms with Crippen LogP contribution in [0.1, 0.15) is 17.4 Å².